The molecule has 0 radical (unpaired) electrons. The van der Waals surface area contributed by atoms with Crippen molar-refractivity contribution < 1.29 is 44.2 Å². The van der Waals surface area contributed by atoms with Gasteiger partial charge in [0.25, 0.3) is 0 Å². The number of nitrogens with zero attached hydrogens (tertiary/aromatic N) is 2. The van der Waals surface area contributed by atoms with E-state index in [1.165, 1.54) is 6.20 Å². The van der Waals surface area contributed by atoms with Crippen molar-refractivity contribution in [3.8, 4) is 5.75 Å². The summed E-state index contributed by atoms with van der Waals surface area (Å²) in [6.07, 6.45) is 1.35. The van der Waals surface area contributed by atoms with E-state index in [-0.39, 0.29) is 53.1 Å². The van der Waals surface area contributed by atoms with Crippen LogP contribution in [0, 0.1) is 0 Å². The minimum atomic E-state index is -1.38. The van der Waals surface area contributed by atoms with Gasteiger partial charge in [-0.25, -0.2) is 4.99 Å². The number of carboxylic acids is 1. The van der Waals surface area contributed by atoms with Crippen LogP contribution in [0.2, 0.25) is 10.0 Å². The van der Waals surface area contributed by atoms with E-state index in [2.05, 4.69) is 10.3 Å². The molecule has 2 heterocycles. The van der Waals surface area contributed by atoms with E-state index >= 15 is 0 Å². The molecule has 1 N–H and O–H groups in total. The number of rotatable bonds is 6. The first-order valence-corrected chi connectivity index (χ1v) is 10.9. The van der Waals surface area contributed by atoms with Gasteiger partial charge in [-0.2, -0.15) is 0 Å². The van der Waals surface area contributed by atoms with Crippen LogP contribution < -0.4 is 44.7 Å². The van der Waals surface area contributed by atoms with E-state index in [0.717, 1.165) is 11.1 Å². The smallest absolute Gasteiger partial charge is 0.543 e. The zero-order chi connectivity index (χ0) is 22.9. The van der Waals surface area contributed by atoms with Crippen LogP contribution in [-0.4, -0.2) is 17.5 Å². The molecule has 0 saturated carbocycles. The zero-order valence-electron chi connectivity index (χ0n) is 18.0. The minimum Gasteiger partial charge on any atom is -0.543 e. The fourth-order valence-corrected chi connectivity index (χ4v) is 4.02. The average Bonchev–Trinajstić information content (AvgIpc) is 3.23. The van der Waals surface area contributed by atoms with Crippen molar-refractivity contribution in [1.29, 1.82) is 0 Å². The Morgan fingerprint density at radius 1 is 0.912 bits per heavy atom. The molecule has 2 aliphatic rings. The molecular formula is C25H16Cl2N3NaO3. The normalized spacial score (nSPS) is 18.5. The van der Waals surface area contributed by atoms with Crippen molar-refractivity contribution in [2.24, 2.45) is 9.98 Å². The average molecular weight is 500 g/mol. The zero-order valence-corrected chi connectivity index (χ0v) is 21.5. The van der Waals surface area contributed by atoms with Gasteiger partial charge in [-0.05, 0) is 47.5 Å². The summed E-state index contributed by atoms with van der Waals surface area (Å²) in [6, 6.07) is 22.1. The number of nitrogens with one attached hydrogen (secondary N) is 1. The number of hydrogen-bond acceptors (Lipinski definition) is 6. The van der Waals surface area contributed by atoms with Crippen LogP contribution in [0.4, 0.5) is 0 Å². The molecule has 0 amide bonds. The number of carbonyl (C=O) groups excluding carboxylic acids is 1. The quantitative estimate of drug-likeness (QED) is 0.517. The number of ether oxygens (including phenoxy) is 1. The number of benzene rings is 3. The van der Waals surface area contributed by atoms with Crippen LogP contribution in [-0.2, 0) is 4.79 Å². The molecule has 0 fully saturated rings. The third kappa shape index (κ3) is 4.92. The van der Waals surface area contributed by atoms with E-state index in [0.29, 0.717) is 27.2 Å². The predicted molar refractivity (Wildman–Crippen MR) is 126 cm³/mol. The maximum absolute atomic E-state index is 11.2. The Morgan fingerprint density at radius 2 is 1.53 bits per heavy atom. The monoisotopic (exact) mass is 499 g/mol. The van der Waals surface area contributed by atoms with E-state index in [9.17, 15) is 9.90 Å². The van der Waals surface area contributed by atoms with Crippen molar-refractivity contribution in [2.75, 3.05) is 0 Å². The molecule has 0 bridgehead atoms. The van der Waals surface area contributed by atoms with Gasteiger partial charge in [0, 0.05) is 10.0 Å². The number of para-hydroxylation sites is 1. The third-order valence-corrected chi connectivity index (χ3v) is 5.92. The first kappa shape index (κ1) is 24.5. The second kappa shape index (κ2) is 10.3. The van der Waals surface area contributed by atoms with Crippen molar-refractivity contribution in [1.82, 2.24) is 5.32 Å². The number of carboxylic acid groups (broad SMARTS) is 1. The Balaban J connectivity index is 0.00000274. The first-order valence-electron chi connectivity index (χ1n) is 10.1. The van der Waals surface area contributed by atoms with Crippen LogP contribution in [0.15, 0.2) is 94.7 Å². The number of aliphatic imine (C=N–C) groups is 2. The molecule has 9 heteroatoms. The maximum atomic E-state index is 11.2. The molecule has 5 rings (SSSR count). The molecular weight excluding hydrogens is 484 g/mol. The van der Waals surface area contributed by atoms with Gasteiger partial charge < -0.3 is 20.0 Å². The second-order valence-corrected chi connectivity index (χ2v) is 8.38. The summed E-state index contributed by atoms with van der Waals surface area (Å²) in [4.78, 5) is 19.8. The summed E-state index contributed by atoms with van der Waals surface area (Å²) in [7, 11) is 0. The Bertz CT molecular complexity index is 1320. The number of hydrogen-bond donors (Lipinski definition) is 1. The van der Waals surface area contributed by atoms with Crippen molar-refractivity contribution >= 4 is 40.7 Å². The van der Waals surface area contributed by atoms with Gasteiger partial charge in [-0.3, -0.25) is 4.99 Å². The van der Waals surface area contributed by atoms with Crippen LogP contribution in [0.5, 0.6) is 5.75 Å². The summed E-state index contributed by atoms with van der Waals surface area (Å²) >= 11 is 12.2. The molecule has 0 aliphatic carbocycles. The molecule has 2 unspecified atom stereocenters. The number of carbonyl (C=O) groups is 1. The Kier molecular flexibility index (Phi) is 7.45. The Labute approximate surface area is 228 Å². The number of halogens is 2. The van der Waals surface area contributed by atoms with Crippen LogP contribution in [0.25, 0.3) is 0 Å². The van der Waals surface area contributed by atoms with Gasteiger partial charge in [0.15, 0.2) is 5.76 Å². The van der Waals surface area contributed by atoms with Crippen molar-refractivity contribution in [3.63, 3.8) is 0 Å². The second-order valence-electron chi connectivity index (χ2n) is 7.50. The summed E-state index contributed by atoms with van der Waals surface area (Å²) in [5.74, 6) is -0.163. The Hall–Kier alpha value is -2.61. The number of aliphatic carboxylic acids is 1. The van der Waals surface area contributed by atoms with Crippen molar-refractivity contribution in [3.05, 3.63) is 111 Å². The van der Waals surface area contributed by atoms with Crippen molar-refractivity contribution in [2.45, 2.75) is 12.1 Å². The summed E-state index contributed by atoms with van der Waals surface area (Å²) in [5.41, 5.74) is 2.49. The van der Waals surface area contributed by atoms with E-state index in [1.807, 2.05) is 60.7 Å². The number of amidine groups is 1. The minimum absolute atomic E-state index is 0. The van der Waals surface area contributed by atoms with Crippen LogP contribution in [0.1, 0.15) is 28.8 Å². The van der Waals surface area contributed by atoms with E-state index < -0.39 is 5.97 Å². The predicted octanol–water partition coefficient (Wildman–Crippen LogP) is 1.25. The van der Waals surface area contributed by atoms with E-state index in [4.69, 9.17) is 32.9 Å². The Morgan fingerprint density at radius 3 is 2.12 bits per heavy atom. The SMILES string of the molecule is O=C([O-])C1=NC=C1Oc1ccccc1C1=NC(c2ccc(Cl)cc2)C(c2ccc(Cl)cc2)N1.[Na+]. The van der Waals surface area contributed by atoms with Crippen LogP contribution in [0.3, 0.4) is 0 Å². The molecule has 0 spiro atoms. The molecule has 34 heavy (non-hydrogen) atoms. The van der Waals surface area contributed by atoms with Crippen LogP contribution >= 0.6 is 23.2 Å². The van der Waals surface area contributed by atoms with Gasteiger partial charge >= 0.3 is 29.6 Å². The van der Waals surface area contributed by atoms with Gasteiger partial charge in [0.05, 0.1) is 23.8 Å². The topological polar surface area (TPSA) is 86.1 Å². The van der Waals surface area contributed by atoms with Gasteiger partial charge in [0.1, 0.15) is 23.3 Å². The fraction of sp³-hybridized carbons (Fsp3) is 0.0800. The third-order valence-electron chi connectivity index (χ3n) is 5.42. The summed E-state index contributed by atoms with van der Waals surface area (Å²) < 4.78 is 5.83. The maximum Gasteiger partial charge on any atom is 1.00 e. The molecule has 3 aromatic carbocycles. The van der Waals surface area contributed by atoms with Gasteiger partial charge in [0.2, 0.25) is 0 Å². The summed E-state index contributed by atoms with van der Waals surface area (Å²) in [6.45, 7) is 0. The first-order chi connectivity index (χ1) is 16.0. The molecule has 6 nitrogen and oxygen atoms in total. The molecule has 0 aromatic heterocycles. The fourth-order valence-electron chi connectivity index (χ4n) is 3.77. The molecule has 0 saturated heterocycles. The van der Waals surface area contributed by atoms with Gasteiger partial charge in [-0.15, -0.1) is 0 Å². The molecule has 3 aromatic rings. The molecule has 2 aliphatic heterocycles. The largest absolute Gasteiger partial charge is 1.00 e. The standard InChI is InChI=1S/C25H17Cl2N3O3.Na/c26-16-9-5-14(6-10-16)21-22(15-7-11-17(27)12-8-15)30-24(29-21)18-3-1-2-4-19(18)33-20-13-28-23(20)25(31)32;/h1-13,21-22H,(H,29,30)(H,31,32);/q;+1/p-1. The molecule has 2 atom stereocenters. The van der Waals surface area contributed by atoms with E-state index in [1.54, 1.807) is 12.1 Å². The van der Waals surface area contributed by atoms with Gasteiger partial charge in [-0.1, -0.05) is 59.6 Å². The summed E-state index contributed by atoms with van der Waals surface area (Å²) in [5, 5.41) is 16.0. The molecule has 164 valence electrons.